The lowest BCUT2D eigenvalue weighted by molar-refractivity contribution is -0.105. The summed E-state index contributed by atoms with van der Waals surface area (Å²) in [5, 5.41) is 7.24. The van der Waals surface area contributed by atoms with Crippen LogP contribution in [0, 0.1) is 0 Å². The van der Waals surface area contributed by atoms with Crippen LogP contribution in [0.3, 0.4) is 0 Å². The van der Waals surface area contributed by atoms with Gasteiger partial charge < -0.3 is 10.6 Å². The molecule has 0 spiro atoms. The van der Waals surface area contributed by atoms with Crippen molar-refractivity contribution in [1.29, 1.82) is 0 Å². The monoisotopic (exact) mass is 348 g/mol. The second kappa shape index (κ2) is 6.91. The first-order valence-electron chi connectivity index (χ1n) is 7.60. The van der Waals surface area contributed by atoms with Gasteiger partial charge in [-0.15, -0.1) is 0 Å². The Bertz CT molecular complexity index is 733. The third kappa shape index (κ3) is 3.23. The predicted molar refractivity (Wildman–Crippen MR) is 95.5 cm³/mol. The average Bonchev–Trinajstić information content (AvgIpc) is 2.56. The first kappa shape index (κ1) is 16.3. The first-order chi connectivity index (χ1) is 11.1. The third-order valence-corrected chi connectivity index (χ3v) is 5.24. The Morgan fingerprint density at radius 1 is 1.04 bits per heavy atom. The number of nitrogens with one attached hydrogen (secondary N) is 2. The molecule has 0 radical (unpaired) electrons. The summed E-state index contributed by atoms with van der Waals surface area (Å²) in [5.41, 5.74) is 4.48. The van der Waals surface area contributed by atoms with Crippen LogP contribution in [0.25, 0.3) is 0 Å². The Balaban J connectivity index is 2.05. The van der Waals surface area contributed by atoms with Crippen LogP contribution < -0.4 is 10.6 Å². The van der Waals surface area contributed by atoms with E-state index in [9.17, 15) is 4.79 Å². The average molecular weight is 349 g/mol. The van der Waals surface area contributed by atoms with Gasteiger partial charge in [-0.2, -0.15) is 0 Å². The van der Waals surface area contributed by atoms with Crippen molar-refractivity contribution in [2.24, 2.45) is 0 Å². The lowest BCUT2D eigenvalue weighted by Crippen LogP contribution is -2.24. The van der Waals surface area contributed by atoms with Gasteiger partial charge >= 0.3 is 0 Å². The number of carbonyl (C=O) groups excluding carboxylic acids is 1. The van der Waals surface area contributed by atoms with E-state index in [1.165, 1.54) is 16.7 Å². The molecular weight excluding hydrogens is 331 g/mol. The zero-order valence-electron chi connectivity index (χ0n) is 12.8. The third-order valence-electron chi connectivity index (χ3n) is 4.50. The Morgan fingerprint density at radius 2 is 1.87 bits per heavy atom. The maximum Gasteiger partial charge on any atom is 0.211 e. The van der Waals surface area contributed by atoms with E-state index in [2.05, 4.69) is 22.8 Å². The number of carbonyl (C=O) groups is 1. The van der Waals surface area contributed by atoms with Crippen LogP contribution in [0.2, 0.25) is 10.0 Å². The number of anilines is 1. The van der Waals surface area contributed by atoms with E-state index < -0.39 is 0 Å². The van der Waals surface area contributed by atoms with Gasteiger partial charge in [0.05, 0.1) is 10.0 Å². The zero-order chi connectivity index (χ0) is 16.4. The highest BCUT2D eigenvalue weighted by atomic mass is 35.5. The molecule has 0 bridgehead atoms. The van der Waals surface area contributed by atoms with Gasteiger partial charge in [-0.3, -0.25) is 4.79 Å². The van der Waals surface area contributed by atoms with Gasteiger partial charge in [0.2, 0.25) is 6.41 Å². The minimum absolute atomic E-state index is 0.287. The summed E-state index contributed by atoms with van der Waals surface area (Å²) in [6.45, 7) is 0. The molecule has 2 aromatic rings. The number of rotatable bonds is 4. The predicted octanol–water partition coefficient (Wildman–Crippen LogP) is 4.75. The lowest BCUT2D eigenvalue weighted by atomic mass is 9.76. The maximum absolute atomic E-state index is 10.7. The number of fused-ring (bicyclic) bond motifs is 1. The van der Waals surface area contributed by atoms with Crippen molar-refractivity contribution in [2.75, 3.05) is 12.4 Å². The van der Waals surface area contributed by atoms with Crippen molar-refractivity contribution in [1.82, 2.24) is 5.32 Å². The fraction of sp³-hybridized carbons (Fsp3) is 0.278. The van der Waals surface area contributed by atoms with Gasteiger partial charge in [-0.05, 0) is 60.8 Å². The highest BCUT2D eigenvalue weighted by Gasteiger charge is 2.28. The molecule has 2 atom stereocenters. The summed E-state index contributed by atoms with van der Waals surface area (Å²) in [4.78, 5) is 10.7. The normalized spacial score (nSPS) is 20.0. The van der Waals surface area contributed by atoms with Crippen LogP contribution in [0.1, 0.15) is 41.5 Å². The number of hydrogen-bond donors (Lipinski definition) is 2. The zero-order valence-corrected chi connectivity index (χ0v) is 14.3. The Hall–Kier alpha value is -1.55. The van der Waals surface area contributed by atoms with E-state index >= 15 is 0 Å². The number of amides is 1. The van der Waals surface area contributed by atoms with Crippen molar-refractivity contribution >= 4 is 35.3 Å². The van der Waals surface area contributed by atoms with Crippen molar-refractivity contribution in [2.45, 2.75) is 24.8 Å². The van der Waals surface area contributed by atoms with Crippen molar-refractivity contribution in [3.63, 3.8) is 0 Å². The van der Waals surface area contributed by atoms with Crippen molar-refractivity contribution < 1.29 is 4.79 Å². The summed E-state index contributed by atoms with van der Waals surface area (Å²) < 4.78 is 0. The second-order valence-corrected chi connectivity index (χ2v) is 6.57. The molecule has 2 aromatic carbocycles. The fourth-order valence-electron chi connectivity index (χ4n) is 3.37. The molecule has 0 saturated heterocycles. The van der Waals surface area contributed by atoms with E-state index in [1.54, 1.807) is 0 Å². The van der Waals surface area contributed by atoms with Crippen LogP contribution in [-0.2, 0) is 4.79 Å². The van der Waals surface area contributed by atoms with Gasteiger partial charge in [0.15, 0.2) is 0 Å². The minimum Gasteiger partial charge on any atom is -0.329 e. The highest BCUT2D eigenvalue weighted by Crippen LogP contribution is 2.43. The Kier molecular flexibility index (Phi) is 4.90. The summed E-state index contributed by atoms with van der Waals surface area (Å²) in [7, 11) is 1.97. The van der Waals surface area contributed by atoms with E-state index in [1.807, 2.05) is 31.3 Å². The number of hydrogen-bond acceptors (Lipinski definition) is 2. The largest absolute Gasteiger partial charge is 0.329 e. The summed E-state index contributed by atoms with van der Waals surface area (Å²) in [6.07, 6.45) is 2.77. The smallest absolute Gasteiger partial charge is 0.211 e. The van der Waals surface area contributed by atoms with Crippen LogP contribution in [0.4, 0.5) is 5.69 Å². The van der Waals surface area contributed by atoms with Gasteiger partial charge in [-0.25, -0.2) is 0 Å². The minimum atomic E-state index is 0.287. The van der Waals surface area contributed by atoms with E-state index in [0.29, 0.717) is 16.5 Å². The topological polar surface area (TPSA) is 41.1 Å². The second-order valence-electron chi connectivity index (χ2n) is 5.75. The Morgan fingerprint density at radius 3 is 2.57 bits per heavy atom. The molecule has 23 heavy (non-hydrogen) atoms. The van der Waals surface area contributed by atoms with Crippen LogP contribution in [-0.4, -0.2) is 13.5 Å². The Labute approximate surface area is 146 Å². The van der Waals surface area contributed by atoms with E-state index in [-0.39, 0.29) is 12.0 Å². The van der Waals surface area contributed by atoms with Gasteiger partial charge in [0, 0.05) is 17.6 Å². The summed E-state index contributed by atoms with van der Waals surface area (Å²) in [6, 6.07) is 12.2. The molecule has 0 aliphatic heterocycles. The standard InChI is InChI=1S/C18H18Cl2N2O/c1-21-18-7-5-13(11-2-6-16(19)17(20)8-11)14-4-3-12(22-10-23)9-15(14)18/h2-4,6,8-10,13,18,21H,5,7H2,1H3,(H,22,23). The SMILES string of the molecule is CNC1CCC(c2ccc(Cl)c(Cl)c2)c2ccc(NC=O)cc21. The molecule has 1 amide bonds. The quantitative estimate of drug-likeness (QED) is 0.783. The van der Waals surface area contributed by atoms with Crippen LogP contribution in [0.15, 0.2) is 36.4 Å². The molecule has 0 heterocycles. The summed E-state index contributed by atoms with van der Waals surface area (Å²) in [5.74, 6) is 0.287. The van der Waals surface area contributed by atoms with Gasteiger partial charge in [0.25, 0.3) is 0 Å². The molecular formula is C18H18Cl2N2O. The lowest BCUT2D eigenvalue weighted by Gasteiger charge is -2.32. The number of benzene rings is 2. The summed E-state index contributed by atoms with van der Waals surface area (Å²) >= 11 is 12.2. The van der Waals surface area contributed by atoms with Crippen molar-refractivity contribution in [3.8, 4) is 0 Å². The molecule has 0 fully saturated rings. The highest BCUT2D eigenvalue weighted by molar-refractivity contribution is 6.42. The first-order valence-corrected chi connectivity index (χ1v) is 8.36. The molecule has 1 aliphatic carbocycles. The van der Waals surface area contributed by atoms with Crippen molar-refractivity contribution in [3.05, 3.63) is 63.1 Å². The fourth-order valence-corrected chi connectivity index (χ4v) is 3.68. The van der Waals surface area contributed by atoms with Gasteiger partial charge in [-0.1, -0.05) is 35.3 Å². The molecule has 2 unspecified atom stereocenters. The molecule has 0 aromatic heterocycles. The maximum atomic E-state index is 10.7. The molecule has 0 saturated carbocycles. The van der Waals surface area contributed by atoms with E-state index in [0.717, 1.165) is 18.5 Å². The molecule has 1 aliphatic rings. The van der Waals surface area contributed by atoms with E-state index in [4.69, 9.17) is 23.2 Å². The molecule has 3 rings (SSSR count). The molecule has 120 valence electrons. The van der Waals surface area contributed by atoms with Crippen LogP contribution >= 0.6 is 23.2 Å². The van der Waals surface area contributed by atoms with Gasteiger partial charge in [0.1, 0.15) is 0 Å². The molecule has 3 nitrogen and oxygen atoms in total. The molecule has 2 N–H and O–H groups in total. The number of halogens is 2. The van der Waals surface area contributed by atoms with Crippen LogP contribution in [0.5, 0.6) is 0 Å². The molecule has 5 heteroatoms.